The minimum atomic E-state index is -0.283. The quantitative estimate of drug-likeness (QED) is 0.715. The Labute approximate surface area is 153 Å². The van der Waals surface area contributed by atoms with Gasteiger partial charge in [-0.05, 0) is 48.9 Å². The first-order valence-electron chi connectivity index (χ1n) is 9.14. The van der Waals surface area contributed by atoms with Crippen LogP contribution in [0.25, 0.3) is 5.69 Å². The molecule has 1 unspecified atom stereocenters. The largest absolute Gasteiger partial charge is 0.391 e. The van der Waals surface area contributed by atoms with E-state index in [9.17, 15) is 5.11 Å². The van der Waals surface area contributed by atoms with Crippen LogP contribution in [0.3, 0.4) is 0 Å². The molecule has 1 saturated carbocycles. The van der Waals surface area contributed by atoms with Gasteiger partial charge < -0.3 is 19.6 Å². The molecule has 0 spiro atoms. The lowest BCUT2D eigenvalue weighted by Crippen LogP contribution is -2.35. The minimum absolute atomic E-state index is 0.149. The van der Waals surface area contributed by atoms with Gasteiger partial charge in [-0.15, -0.1) is 0 Å². The molecule has 0 bridgehead atoms. The molecule has 2 heterocycles. The molecule has 0 aliphatic heterocycles. The number of hydrogen-bond donors (Lipinski definition) is 2. The van der Waals surface area contributed by atoms with E-state index < -0.39 is 0 Å². The van der Waals surface area contributed by atoms with Crippen molar-refractivity contribution in [2.75, 3.05) is 0 Å². The molecule has 3 atom stereocenters. The average Bonchev–Trinajstić information content (AvgIpc) is 3.37. The molecular formula is C20H25N5O. The summed E-state index contributed by atoms with van der Waals surface area (Å²) >= 11 is 0. The molecule has 2 N–H and O–H groups in total. The number of nitrogens with one attached hydrogen (secondary N) is 1. The molecular weight excluding hydrogens is 326 g/mol. The van der Waals surface area contributed by atoms with Crippen LogP contribution < -0.4 is 5.32 Å². The number of aliphatic hydroxyl groups is 1. The van der Waals surface area contributed by atoms with Crippen molar-refractivity contribution < 1.29 is 5.11 Å². The molecule has 1 aliphatic rings. The summed E-state index contributed by atoms with van der Waals surface area (Å²) < 4.78 is 4.10. The normalized spacial score (nSPS) is 22.8. The van der Waals surface area contributed by atoms with Crippen LogP contribution in [0.5, 0.6) is 0 Å². The van der Waals surface area contributed by atoms with Crippen molar-refractivity contribution in [3.05, 3.63) is 66.8 Å². The standard InChI is InChI=1S/C20H25N5O/c1-15-8-18(25-7-5-22-14-25)3-2-17(15)11-23-19-9-16(10-20(19)26)12-24-6-4-21-13-24/h2-8,13-14,16,19-20,23,26H,9-12H2,1H3/t16?,19-,20-/m1/s1. The van der Waals surface area contributed by atoms with Gasteiger partial charge in [-0.3, -0.25) is 0 Å². The van der Waals surface area contributed by atoms with Crippen molar-refractivity contribution in [1.29, 1.82) is 0 Å². The summed E-state index contributed by atoms with van der Waals surface area (Å²) in [7, 11) is 0. The zero-order valence-corrected chi connectivity index (χ0v) is 15.0. The summed E-state index contributed by atoms with van der Waals surface area (Å²) in [6.07, 6.45) is 12.7. The highest BCUT2D eigenvalue weighted by atomic mass is 16.3. The van der Waals surface area contributed by atoms with Gasteiger partial charge in [0.05, 0.1) is 18.8 Å². The predicted octanol–water partition coefficient (Wildman–Crippen LogP) is 2.31. The van der Waals surface area contributed by atoms with Crippen LogP contribution in [0.2, 0.25) is 0 Å². The van der Waals surface area contributed by atoms with E-state index in [2.05, 4.69) is 45.0 Å². The monoisotopic (exact) mass is 351 g/mol. The van der Waals surface area contributed by atoms with E-state index in [0.29, 0.717) is 5.92 Å². The van der Waals surface area contributed by atoms with Crippen LogP contribution in [0, 0.1) is 12.8 Å². The van der Waals surface area contributed by atoms with Crippen LogP contribution in [-0.4, -0.2) is 36.4 Å². The number of hydrogen-bond acceptors (Lipinski definition) is 4. The van der Waals surface area contributed by atoms with Crippen LogP contribution in [0.15, 0.2) is 55.6 Å². The molecule has 6 nitrogen and oxygen atoms in total. The first-order chi connectivity index (χ1) is 12.7. The second kappa shape index (κ2) is 7.43. The Hall–Kier alpha value is -2.44. The summed E-state index contributed by atoms with van der Waals surface area (Å²) in [6.45, 7) is 3.83. The maximum Gasteiger partial charge on any atom is 0.0991 e. The number of aromatic nitrogens is 4. The number of aliphatic hydroxyl groups excluding tert-OH is 1. The van der Waals surface area contributed by atoms with Crippen LogP contribution >= 0.6 is 0 Å². The molecule has 3 aromatic rings. The molecule has 1 fully saturated rings. The van der Waals surface area contributed by atoms with Crippen LogP contribution in [0.4, 0.5) is 0 Å². The Morgan fingerprint density at radius 1 is 1.15 bits per heavy atom. The molecule has 0 saturated heterocycles. The Kier molecular flexibility index (Phi) is 4.86. The fraction of sp³-hybridized carbons (Fsp3) is 0.400. The van der Waals surface area contributed by atoms with E-state index in [1.54, 1.807) is 12.4 Å². The number of benzene rings is 1. The lowest BCUT2D eigenvalue weighted by Gasteiger charge is -2.18. The maximum atomic E-state index is 10.4. The highest BCUT2D eigenvalue weighted by molar-refractivity contribution is 5.40. The summed E-state index contributed by atoms with van der Waals surface area (Å²) in [5.41, 5.74) is 3.62. The van der Waals surface area contributed by atoms with Crippen molar-refractivity contribution in [1.82, 2.24) is 24.4 Å². The van der Waals surface area contributed by atoms with Crippen molar-refractivity contribution in [3.63, 3.8) is 0 Å². The smallest absolute Gasteiger partial charge is 0.0991 e. The molecule has 6 heteroatoms. The lowest BCUT2D eigenvalue weighted by molar-refractivity contribution is 0.145. The molecule has 1 aliphatic carbocycles. The Balaban J connectivity index is 1.35. The Morgan fingerprint density at radius 2 is 2.00 bits per heavy atom. The predicted molar refractivity (Wildman–Crippen MR) is 99.9 cm³/mol. The van der Waals surface area contributed by atoms with Crippen LogP contribution in [0.1, 0.15) is 24.0 Å². The number of rotatable bonds is 6. The number of imidazole rings is 2. The molecule has 136 valence electrons. The van der Waals surface area contributed by atoms with Gasteiger partial charge in [0.1, 0.15) is 0 Å². The molecule has 4 rings (SSSR count). The topological polar surface area (TPSA) is 67.9 Å². The second-order valence-corrected chi connectivity index (χ2v) is 7.23. The molecule has 1 aromatic carbocycles. The van der Waals surface area contributed by atoms with E-state index in [1.807, 2.05) is 29.6 Å². The number of nitrogens with zero attached hydrogens (tertiary/aromatic N) is 4. The molecule has 0 radical (unpaired) electrons. The third kappa shape index (κ3) is 3.71. The van der Waals surface area contributed by atoms with Gasteiger partial charge in [-0.25, -0.2) is 9.97 Å². The van der Waals surface area contributed by atoms with E-state index in [4.69, 9.17) is 0 Å². The van der Waals surface area contributed by atoms with Crippen LogP contribution in [-0.2, 0) is 13.1 Å². The SMILES string of the molecule is Cc1cc(-n2ccnc2)ccc1CN[C@@H]1CC(Cn2ccnc2)C[C@H]1O. The first kappa shape index (κ1) is 17.0. The van der Waals surface area contributed by atoms with E-state index >= 15 is 0 Å². The van der Waals surface area contributed by atoms with Gasteiger partial charge >= 0.3 is 0 Å². The van der Waals surface area contributed by atoms with Gasteiger partial charge in [0, 0.05) is 49.6 Å². The number of aryl methyl sites for hydroxylation is 1. The Bertz CT molecular complexity index is 828. The van der Waals surface area contributed by atoms with Gasteiger partial charge in [0.15, 0.2) is 0 Å². The summed E-state index contributed by atoms with van der Waals surface area (Å²) in [4.78, 5) is 8.19. The lowest BCUT2D eigenvalue weighted by atomic mass is 10.1. The fourth-order valence-electron chi connectivity index (χ4n) is 3.87. The van der Waals surface area contributed by atoms with Crippen molar-refractivity contribution >= 4 is 0 Å². The van der Waals surface area contributed by atoms with E-state index in [0.717, 1.165) is 31.6 Å². The van der Waals surface area contributed by atoms with Gasteiger partial charge in [0.25, 0.3) is 0 Å². The van der Waals surface area contributed by atoms with Gasteiger partial charge in [-0.2, -0.15) is 0 Å². The summed E-state index contributed by atoms with van der Waals surface area (Å²) in [5.74, 6) is 0.487. The van der Waals surface area contributed by atoms with Crippen molar-refractivity contribution in [2.24, 2.45) is 5.92 Å². The second-order valence-electron chi connectivity index (χ2n) is 7.23. The van der Waals surface area contributed by atoms with Crippen molar-refractivity contribution in [3.8, 4) is 5.69 Å². The molecule has 2 aromatic heterocycles. The van der Waals surface area contributed by atoms with Gasteiger partial charge in [-0.1, -0.05) is 6.07 Å². The highest BCUT2D eigenvalue weighted by Crippen LogP contribution is 2.28. The molecule has 26 heavy (non-hydrogen) atoms. The van der Waals surface area contributed by atoms with E-state index in [-0.39, 0.29) is 12.1 Å². The zero-order valence-electron chi connectivity index (χ0n) is 15.0. The first-order valence-corrected chi connectivity index (χ1v) is 9.14. The summed E-state index contributed by atoms with van der Waals surface area (Å²) in [6, 6.07) is 6.59. The van der Waals surface area contributed by atoms with Gasteiger partial charge in [0.2, 0.25) is 0 Å². The highest BCUT2D eigenvalue weighted by Gasteiger charge is 2.32. The zero-order chi connectivity index (χ0) is 17.9. The fourth-order valence-corrected chi connectivity index (χ4v) is 3.87. The molecule has 0 amide bonds. The Morgan fingerprint density at radius 3 is 2.73 bits per heavy atom. The maximum absolute atomic E-state index is 10.4. The minimum Gasteiger partial charge on any atom is -0.391 e. The third-order valence-corrected chi connectivity index (χ3v) is 5.34. The van der Waals surface area contributed by atoms with Crippen molar-refractivity contribution in [2.45, 2.75) is 45.0 Å². The third-order valence-electron chi connectivity index (χ3n) is 5.34. The summed E-state index contributed by atoms with van der Waals surface area (Å²) in [5, 5.41) is 14.0. The van der Waals surface area contributed by atoms with E-state index in [1.165, 1.54) is 11.1 Å². The average molecular weight is 351 g/mol.